The maximum Gasteiger partial charge on any atom is 0.272 e. The highest BCUT2D eigenvalue weighted by Gasteiger charge is 2.12. The maximum atomic E-state index is 12.5. The molecule has 1 aromatic rings. The fourth-order valence-corrected chi connectivity index (χ4v) is 2.69. The quantitative estimate of drug-likeness (QED) is 0.409. The van der Waals surface area contributed by atoms with E-state index in [1.54, 1.807) is 39.0 Å². The summed E-state index contributed by atoms with van der Waals surface area (Å²) in [5.41, 5.74) is 8.35. The highest BCUT2D eigenvalue weighted by atomic mass is 19.3. The Kier molecular flexibility index (Phi) is 9.85. The van der Waals surface area contributed by atoms with Crippen LogP contribution in [0.2, 0.25) is 0 Å². The zero-order valence-electron chi connectivity index (χ0n) is 17.3. The number of alkyl halides is 2. The third-order valence-corrected chi connectivity index (χ3v) is 3.93. The van der Waals surface area contributed by atoms with E-state index in [1.807, 2.05) is 6.92 Å². The van der Waals surface area contributed by atoms with Gasteiger partial charge in [0.15, 0.2) is 0 Å². The number of ether oxygens (including phenoxy) is 1. The lowest BCUT2D eigenvalue weighted by Crippen LogP contribution is -2.29. The number of rotatable bonds is 10. The normalized spacial score (nSPS) is 12.1. The molecule has 0 fully saturated rings. The molecule has 0 aliphatic carbocycles. The molecule has 0 saturated carbocycles. The molecule has 8 heteroatoms. The predicted molar refractivity (Wildman–Crippen MR) is 108 cm³/mol. The average molecular weight is 409 g/mol. The number of hydrogen-bond acceptors (Lipinski definition) is 4. The first-order valence-electron chi connectivity index (χ1n) is 9.44. The van der Waals surface area contributed by atoms with E-state index in [4.69, 9.17) is 10.5 Å². The smallest absolute Gasteiger partial charge is 0.272 e. The van der Waals surface area contributed by atoms with E-state index in [9.17, 15) is 18.4 Å². The van der Waals surface area contributed by atoms with Crippen molar-refractivity contribution in [2.24, 2.45) is 5.73 Å². The lowest BCUT2D eigenvalue weighted by atomic mass is 10.1. The van der Waals surface area contributed by atoms with E-state index in [2.05, 4.69) is 10.6 Å². The van der Waals surface area contributed by atoms with Crippen LogP contribution < -0.4 is 21.1 Å². The lowest BCUT2D eigenvalue weighted by Gasteiger charge is -2.14. The molecule has 0 unspecified atom stereocenters. The van der Waals surface area contributed by atoms with E-state index in [-0.39, 0.29) is 30.6 Å². The molecule has 0 bridgehead atoms. The summed E-state index contributed by atoms with van der Waals surface area (Å²) >= 11 is 0. The van der Waals surface area contributed by atoms with Gasteiger partial charge in [-0.3, -0.25) is 9.59 Å². The Balaban J connectivity index is 2.84. The van der Waals surface area contributed by atoms with E-state index in [1.165, 1.54) is 6.08 Å². The summed E-state index contributed by atoms with van der Waals surface area (Å²) in [5.74, 6) is -0.0581. The molecule has 0 atom stereocenters. The van der Waals surface area contributed by atoms with Crippen LogP contribution >= 0.6 is 0 Å². The van der Waals surface area contributed by atoms with Crippen molar-refractivity contribution in [2.75, 3.05) is 6.61 Å². The first-order chi connectivity index (χ1) is 13.7. The second-order valence-corrected chi connectivity index (χ2v) is 6.51. The molecule has 0 aromatic heterocycles. The maximum absolute atomic E-state index is 12.5. The number of carbonyl (C=O) groups excluding carboxylic acids is 2. The summed E-state index contributed by atoms with van der Waals surface area (Å²) in [5, 5.41) is 5.30. The van der Waals surface area contributed by atoms with Gasteiger partial charge in [-0.15, -0.1) is 0 Å². The number of nitrogens with one attached hydrogen (secondary N) is 2. The molecule has 0 saturated heterocycles. The summed E-state index contributed by atoms with van der Waals surface area (Å²) in [6.07, 6.45) is 1.48. The molecular formula is C21H29F2N3O3. The van der Waals surface area contributed by atoms with Gasteiger partial charge in [-0.1, -0.05) is 32.1 Å². The molecule has 1 rings (SSSR count). The minimum Gasteiger partial charge on any atom is -0.487 e. The molecule has 160 valence electrons. The number of hydrogen-bond donors (Lipinski definition) is 3. The van der Waals surface area contributed by atoms with Gasteiger partial charge >= 0.3 is 0 Å². The Morgan fingerprint density at radius 1 is 1.21 bits per heavy atom. The van der Waals surface area contributed by atoms with Crippen LogP contribution in [0.3, 0.4) is 0 Å². The fourth-order valence-electron chi connectivity index (χ4n) is 2.69. The van der Waals surface area contributed by atoms with Gasteiger partial charge in [0.25, 0.3) is 12.3 Å². The number of nitrogens with two attached hydrogens (primary N) is 1. The molecule has 29 heavy (non-hydrogen) atoms. The van der Waals surface area contributed by atoms with Gasteiger partial charge in [-0.25, -0.2) is 8.78 Å². The van der Waals surface area contributed by atoms with Crippen molar-refractivity contribution in [2.45, 2.75) is 53.5 Å². The fraction of sp³-hybridized carbons (Fsp3) is 0.429. The Morgan fingerprint density at radius 3 is 2.34 bits per heavy atom. The second-order valence-electron chi connectivity index (χ2n) is 6.51. The third kappa shape index (κ3) is 8.33. The molecular weight excluding hydrogens is 380 g/mol. The minimum atomic E-state index is -2.54. The van der Waals surface area contributed by atoms with Crippen LogP contribution in [0.15, 0.2) is 35.7 Å². The Bertz CT molecular complexity index is 766. The topological polar surface area (TPSA) is 93.5 Å². The summed E-state index contributed by atoms with van der Waals surface area (Å²) < 4.78 is 29.9. The molecule has 6 nitrogen and oxygen atoms in total. The Morgan fingerprint density at radius 2 is 1.83 bits per heavy atom. The van der Waals surface area contributed by atoms with Gasteiger partial charge < -0.3 is 21.1 Å². The minimum absolute atomic E-state index is 0.0962. The SMILES string of the molecule is CC/C=C(\C=C(/N)NC(=O)CC)C(=O)NCc1cc(C)c(OCC(F)F)c(C)c1. The zero-order valence-corrected chi connectivity index (χ0v) is 17.3. The Hall–Kier alpha value is -2.90. The van der Waals surface area contributed by atoms with Crippen LogP contribution in [-0.4, -0.2) is 24.8 Å². The molecule has 0 radical (unpaired) electrons. The monoisotopic (exact) mass is 409 g/mol. The van der Waals surface area contributed by atoms with Crippen molar-refractivity contribution < 1.29 is 23.1 Å². The number of benzene rings is 1. The highest BCUT2D eigenvalue weighted by Crippen LogP contribution is 2.25. The van der Waals surface area contributed by atoms with Crippen molar-refractivity contribution in [1.82, 2.24) is 10.6 Å². The summed E-state index contributed by atoms with van der Waals surface area (Å²) in [6, 6.07) is 3.56. The van der Waals surface area contributed by atoms with Crippen molar-refractivity contribution >= 4 is 11.8 Å². The van der Waals surface area contributed by atoms with Crippen molar-refractivity contribution in [1.29, 1.82) is 0 Å². The zero-order chi connectivity index (χ0) is 22.0. The average Bonchev–Trinajstić information content (AvgIpc) is 2.64. The number of carbonyl (C=O) groups is 2. The predicted octanol–water partition coefficient (Wildman–Crippen LogP) is 3.23. The van der Waals surface area contributed by atoms with Gasteiger partial charge in [0, 0.05) is 18.5 Å². The van der Waals surface area contributed by atoms with E-state index in [0.29, 0.717) is 28.9 Å². The lowest BCUT2D eigenvalue weighted by molar-refractivity contribution is -0.120. The van der Waals surface area contributed by atoms with Gasteiger partial charge in [-0.2, -0.15) is 0 Å². The van der Waals surface area contributed by atoms with E-state index >= 15 is 0 Å². The van der Waals surface area contributed by atoms with Gasteiger partial charge in [-0.05, 0) is 43.0 Å². The van der Waals surface area contributed by atoms with Gasteiger partial charge in [0.2, 0.25) is 5.91 Å². The molecule has 0 aliphatic heterocycles. The number of halogens is 2. The van der Waals surface area contributed by atoms with Crippen LogP contribution in [0.4, 0.5) is 8.78 Å². The standard InChI is InChI=1S/C21H29F2N3O3/c1-5-7-16(10-18(24)26-19(27)6-2)21(28)25-11-15-8-13(3)20(14(4)9-15)29-12-17(22)23/h7-10,17H,5-6,11-12,24H2,1-4H3,(H,25,28)(H,26,27)/b16-7+,18-10+. The van der Waals surface area contributed by atoms with Crippen LogP contribution in [0.1, 0.15) is 43.4 Å². The first kappa shape index (κ1) is 24.1. The van der Waals surface area contributed by atoms with E-state index in [0.717, 1.165) is 5.56 Å². The number of amides is 2. The molecule has 1 aromatic carbocycles. The summed E-state index contributed by atoms with van der Waals surface area (Å²) in [6.45, 7) is 6.69. The summed E-state index contributed by atoms with van der Waals surface area (Å²) in [4.78, 5) is 23.9. The van der Waals surface area contributed by atoms with E-state index < -0.39 is 13.0 Å². The van der Waals surface area contributed by atoms with Crippen LogP contribution in [0.25, 0.3) is 0 Å². The molecule has 0 spiro atoms. The largest absolute Gasteiger partial charge is 0.487 e. The van der Waals surface area contributed by atoms with Crippen molar-refractivity contribution in [3.63, 3.8) is 0 Å². The number of aryl methyl sites for hydroxylation is 2. The summed E-state index contributed by atoms with van der Waals surface area (Å²) in [7, 11) is 0. The second kappa shape index (κ2) is 11.8. The third-order valence-electron chi connectivity index (χ3n) is 3.93. The molecule has 2 amide bonds. The van der Waals surface area contributed by atoms with Gasteiger partial charge in [0.05, 0.1) is 0 Å². The Labute approximate surface area is 170 Å². The number of allylic oxidation sites excluding steroid dienone is 1. The van der Waals surface area contributed by atoms with Crippen LogP contribution in [-0.2, 0) is 16.1 Å². The van der Waals surface area contributed by atoms with Crippen LogP contribution in [0, 0.1) is 13.8 Å². The van der Waals surface area contributed by atoms with Crippen molar-refractivity contribution in [3.8, 4) is 5.75 Å². The van der Waals surface area contributed by atoms with Gasteiger partial charge in [0.1, 0.15) is 18.2 Å². The van der Waals surface area contributed by atoms with Crippen molar-refractivity contribution in [3.05, 3.63) is 52.4 Å². The first-order valence-corrected chi connectivity index (χ1v) is 9.44. The highest BCUT2D eigenvalue weighted by molar-refractivity contribution is 5.96. The van der Waals surface area contributed by atoms with Crippen LogP contribution in [0.5, 0.6) is 5.75 Å². The molecule has 0 heterocycles. The molecule has 0 aliphatic rings. The molecule has 4 N–H and O–H groups in total.